The SMILES string of the molecule is CONCc1ccc(OC)c(CN(C)C)c1. The molecular weight excluding hydrogens is 204 g/mol. The fourth-order valence-electron chi connectivity index (χ4n) is 1.56. The van der Waals surface area contributed by atoms with Crippen LogP contribution in [0.25, 0.3) is 0 Å². The van der Waals surface area contributed by atoms with Crippen LogP contribution in [0.1, 0.15) is 11.1 Å². The molecule has 4 heteroatoms. The highest BCUT2D eigenvalue weighted by atomic mass is 16.6. The van der Waals surface area contributed by atoms with Crippen LogP contribution >= 0.6 is 0 Å². The van der Waals surface area contributed by atoms with Crippen molar-refractivity contribution in [2.45, 2.75) is 13.1 Å². The molecule has 0 aliphatic carbocycles. The van der Waals surface area contributed by atoms with Gasteiger partial charge in [-0.15, -0.1) is 0 Å². The molecule has 1 aromatic carbocycles. The number of ether oxygens (including phenoxy) is 1. The highest BCUT2D eigenvalue weighted by Crippen LogP contribution is 2.20. The van der Waals surface area contributed by atoms with Crippen molar-refractivity contribution in [2.24, 2.45) is 0 Å². The molecule has 0 saturated carbocycles. The van der Waals surface area contributed by atoms with Gasteiger partial charge in [0.2, 0.25) is 0 Å². The molecule has 0 fully saturated rings. The van der Waals surface area contributed by atoms with Crippen molar-refractivity contribution in [3.63, 3.8) is 0 Å². The molecule has 0 atom stereocenters. The highest BCUT2D eigenvalue weighted by Gasteiger charge is 2.05. The van der Waals surface area contributed by atoms with E-state index in [4.69, 9.17) is 9.57 Å². The van der Waals surface area contributed by atoms with Gasteiger partial charge in [-0.1, -0.05) is 6.07 Å². The van der Waals surface area contributed by atoms with Crippen LogP contribution in [0.15, 0.2) is 18.2 Å². The molecule has 1 rings (SSSR count). The highest BCUT2D eigenvalue weighted by molar-refractivity contribution is 5.37. The number of hydrogen-bond acceptors (Lipinski definition) is 4. The summed E-state index contributed by atoms with van der Waals surface area (Å²) in [5.41, 5.74) is 5.19. The van der Waals surface area contributed by atoms with Crippen molar-refractivity contribution in [2.75, 3.05) is 28.3 Å². The van der Waals surface area contributed by atoms with E-state index in [1.54, 1.807) is 14.2 Å². The number of methoxy groups -OCH3 is 1. The van der Waals surface area contributed by atoms with E-state index in [9.17, 15) is 0 Å². The Morgan fingerprint density at radius 2 is 2.00 bits per heavy atom. The maximum atomic E-state index is 5.33. The topological polar surface area (TPSA) is 33.7 Å². The van der Waals surface area contributed by atoms with Gasteiger partial charge in [0.1, 0.15) is 5.75 Å². The van der Waals surface area contributed by atoms with Crippen molar-refractivity contribution in [1.82, 2.24) is 10.4 Å². The van der Waals surface area contributed by atoms with Gasteiger partial charge < -0.3 is 14.5 Å². The fraction of sp³-hybridized carbons (Fsp3) is 0.500. The monoisotopic (exact) mass is 224 g/mol. The first-order chi connectivity index (χ1) is 7.67. The predicted molar refractivity (Wildman–Crippen MR) is 64.2 cm³/mol. The Kier molecular flexibility index (Phi) is 5.25. The lowest BCUT2D eigenvalue weighted by Gasteiger charge is -2.14. The number of nitrogens with zero attached hydrogens (tertiary/aromatic N) is 1. The third-order valence-electron chi connectivity index (χ3n) is 2.25. The van der Waals surface area contributed by atoms with Crippen molar-refractivity contribution in [1.29, 1.82) is 0 Å². The minimum Gasteiger partial charge on any atom is -0.496 e. The first kappa shape index (κ1) is 13.0. The molecule has 1 aromatic rings. The summed E-state index contributed by atoms with van der Waals surface area (Å²) in [6, 6.07) is 6.15. The van der Waals surface area contributed by atoms with Gasteiger partial charge in [0.15, 0.2) is 0 Å². The zero-order chi connectivity index (χ0) is 12.0. The molecule has 0 aliphatic heterocycles. The van der Waals surface area contributed by atoms with Crippen LogP contribution in [0, 0.1) is 0 Å². The molecule has 0 amide bonds. The first-order valence-electron chi connectivity index (χ1n) is 5.23. The maximum absolute atomic E-state index is 5.33. The van der Waals surface area contributed by atoms with Crippen molar-refractivity contribution < 1.29 is 9.57 Å². The maximum Gasteiger partial charge on any atom is 0.123 e. The molecule has 1 N–H and O–H groups in total. The van der Waals surface area contributed by atoms with Gasteiger partial charge in [0.25, 0.3) is 0 Å². The van der Waals surface area contributed by atoms with E-state index in [1.807, 2.05) is 26.2 Å². The van der Waals surface area contributed by atoms with Gasteiger partial charge in [0.05, 0.1) is 14.2 Å². The second kappa shape index (κ2) is 6.48. The summed E-state index contributed by atoms with van der Waals surface area (Å²) >= 11 is 0. The molecule has 0 aromatic heterocycles. The number of hydrogen-bond donors (Lipinski definition) is 1. The molecule has 0 aliphatic rings. The zero-order valence-electron chi connectivity index (χ0n) is 10.4. The molecule has 0 radical (unpaired) electrons. The fourth-order valence-corrected chi connectivity index (χ4v) is 1.56. The molecule has 0 bridgehead atoms. The molecule has 0 spiro atoms. The van der Waals surface area contributed by atoms with Gasteiger partial charge in [-0.05, 0) is 31.8 Å². The summed E-state index contributed by atoms with van der Waals surface area (Å²) < 4.78 is 5.33. The average Bonchev–Trinajstić information content (AvgIpc) is 2.26. The molecule has 0 saturated heterocycles. The quantitative estimate of drug-likeness (QED) is 0.741. The van der Waals surface area contributed by atoms with Crippen LogP contribution in [0.4, 0.5) is 0 Å². The molecular formula is C12H20N2O2. The van der Waals surface area contributed by atoms with E-state index < -0.39 is 0 Å². The summed E-state index contributed by atoms with van der Waals surface area (Å²) in [6.45, 7) is 1.56. The van der Waals surface area contributed by atoms with Crippen LogP contribution in [-0.4, -0.2) is 33.2 Å². The summed E-state index contributed by atoms with van der Waals surface area (Å²) in [6.07, 6.45) is 0. The van der Waals surface area contributed by atoms with Crippen LogP contribution < -0.4 is 10.2 Å². The minimum atomic E-state index is 0.695. The van der Waals surface area contributed by atoms with Gasteiger partial charge in [-0.3, -0.25) is 0 Å². The summed E-state index contributed by atoms with van der Waals surface area (Å²) in [4.78, 5) is 6.95. The zero-order valence-corrected chi connectivity index (χ0v) is 10.4. The summed E-state index contributed by atoms with van der Waals surface area (Å²) in [7, 11) is 7.39. The third kappa shape index (κ3) is 3.81. The Hall–Kier alpha value is -1.10. The Labute approximate surface area is 97.1 Å². The summed E-state index contributed by atoms with van der Waals surface area (Å²) in [5, 5.41) is 0. The van der Waals surface area contributed by atoms with E-state index in [0.717, 1.165) is 12.3 Å². The predicted octanol–water partition coefficient (Wildman–Crippen LogP) is 1.41. The summed E-state index contributed by atoms with van der Waals surface area (Å²) in [5.74, 6) is 0.926. The minimum absolute atomic E-state index is 0.695. The average molecular weight is 224 g/mol. The lowest BCUT2D eigenvalue weighted by atomic mass is 10.1. The second-order valence-electron chi connectivity index (χ2n) is 3.91. The van der Waals surface area contributed by atoms with Gasteiger partial charge in [-0.2, -0.15) is 5.48 Å². The Morgan fingerprint density at radius 1 is 1.25 bits per heavy atom. The van der Waals surface area contributed by atoms with Crippen LogP contribution in [0.3, 0.4) is 0 Å². The largest absolute Gasteiger partial charge is 0.496 e. The van der Waals surface area contributed by atoms with E-state index in [-0.39, 0.29) is 0 Å². The second-order valence-corrected chi connectivity index (χ2v) is 3.91. The molecule has 90 valence electrons. The Morgan fingerprint density at radius 3 is 2.56 bits per heavy atom. The van der Waals surface area contributed by atoms with Crippen molar-refractivity contribution >= 4 is 0 Å². The number of nitrogens with one attached hydrogen (secondary N) is 1. The van der Waals surface area contributed by atoms with Gasteiger partial charge in [-0.25, -0.2) is 0 Å². The Balaban J connectivity index is 2.83. The van der Waals surface area contributed by atoms with Crippen molar-refractivity contribution in [3.8, 4) is 5.75 Å². The number of hydroxylamine groups is 1. The van der Waals surface area contributed by atoms with E-state index >= 15 is 0 Å². The number of benzene rings is 1. The van der Waals surface area contributed by atoms with Gasteiger partial charge >= 0.3 is 0 Å². The van der Waals surface area contributed by atoms with Gasteiger partial charge in [0, 0.05) is 18.7 Å². The Bertz CT molecular complexity index is 327. The van der Waals surface area contributed by atoms with Crippen LogP contribution in [0.2, 0.25) is 0 Å². The molecule has 0 unspecified atom stereocenters. The normalized spacial score (nSPS) is 10.8. The standard InChI is InChI=1S/C12H20N2O2/c1-14(2)9-11-7-10(8-13-16-4)5-6-12(11)15-3/h5-7,13H,8-9H2,1-4H3. The smallest absolute Gasteiger partial charge is 0.123 e. The third-order valence-corrected chi connectivity index (χ3v) is 2.25. The molecule has 16 heavy (non-hydrogen) atoms. The lowest BCUT2D eigenvalue weighted by molar-refractivity contribution is 0.0867. The first-order valence-corrected chi connectivity index (χ1v) is 5.23. The van der Waals surface area contributed by atoms with E-state index in [0.29, 0.717) is 6.54 Å². The van der Waals surface area contributed by atoms with E-state index in [1.165, 1.54) is 11.1 Å². The lowest BCUT2D eigenvalue weighted by Crippen LogP contribution is -2.14. The van der Waals surface area contributed by atoms with Crippen molar-refractivity contribution in [3.05, 3.63) is 29.3 Å². The van der Waals surface area contributed by atoms with Crippen LogP contribution in [-0.2, 0) is 17.9 Å². The molecule has 0 heterocycles. The van der Waals surface area contributed by atoms with Crippen LogP contribution in [0.5, 0.6) is 5.75 Å². The molecule has 4 nitrogen and oxygen atoms in total. The number of rotatable bonds is 6. The van der Waals surface area contributed by atoms with E-state index in [2.05, 4.69) is 16.4 Å².